The van der Waals surface area contributed by atoms with Gasteiger partial charge in [-0.2, -0.15) is 0 Å². The molecule has 2 bridgehead atoms. The molecule has 0 saturated carbocycles. The van der Waals surface area contributed by atoms with Crippen LogP contribution in [0.2, 0.25) is 0 Å². The minimum Gasteiger partial charge on any atom is -0.373 e. The summed E-state index contributed by atoms with van der Waals surface area (Å²) in [6.07, 6.45) is 10.5. The van der Waals surface area contributed by atoms with Crippen LogP contribution in [0.4, 0.5) is 0 Å². The Morgan fingerprint density at radius 1 is 1.24 bits per heavy atom. The summed E-state index contributed by atoms with van der Waals surface area (Å²) in [6, 6.07) is 1.47. The molecule has 3 saturated heterocycles. The summed E-state index contributed by atoms with van der Waals surface area (Å²) < 4.78 is 5.88. The van der Waals surface area contributed by atoms with Crippen molar-refractivity contribution >= 4 is 0 Å². The van der Waals surface area contributed by atoms with Crippen LogP contribution in [0.1, 0.15) is 44.9 Å². The van der Waals surface area contributed by atoms with Crippen LogP contribution in [0.25, 0.3) is 0 Å². The maximum absolute atomic E-state index is 5.88. The van der Waals surface area contributed by atoms with Crippen molar-refractivity contribution in [2.75, 3.05) is 20.1 Å². The zero-order valence-corrected chi connectivity index (χ0v) is 11.0. The van der Waals surface area contributed by atoms with Crippen molar-refractivity contribution in [1.82, 2.24) is 10.2 Å². The highest BCUT2D eigenvalue weighted by molar-refractivity contribution is 4.94. The van der Waals surface area contributed by atoms with E-state index in [0.717, 1.165) is 6.04 Å². The van der Waals surface area contributed by atoms with Crippen molar-refractivity contribution in [3.05, 3.63) is 0 Å². The molecule has 98 valence electrons. The van der Waals surface area contributed by atoms with E-state index < -0.39 is 0 Å². The molecule has 3 fully saturated rings. The predicted octanol–water partition coefficient (Wildman–Crippen LogP) is 1.77. The second kappa shape index (κ2) is 5.25. The molecular formula is C14H26N2O. The van der Waals surface area contributed by atoms with E-state index in [1.54, 1.807) is 0 Å². The van der Waals surface area contributed by atoms with E-state index in [1.807, 2.05) is 0 Å². The van der Waals surface area contributed by atoms with E-state index in [2.05, 4.69) is 17.3 Å². The molecule has 17 heavy (non-hydrogen) atoms. The first-order chi connectivity index (χ1) is 8.33. The van der Waals surface area contributed by atoms with Gasteiger partial charge in [0.25, 0.3) is 0 Å². The SMILES string of the molecule is CN1CCCCC1CCNC1CC2CCC1O2. The van der Waals surface area contributed by atoms with E-state index in [1.165, 1.54) is 58.0 Å². The number of hydrogen-bond acceptors (Lipinski definition) is 3. The van der Waals surface area contributed by atoms with Gasteiger partial charge in [-0.1, -0.05) is 6.42 Å². The second-order valence-electron chi connectivity index (χ2n) is 6.09. The Morgan fingerprint density at radius 2 is 2.18 bits per heavy atom. The van der Waals surface area contributed by atoms with E-state index in [9.17, 15) is 0 Å². The molecule has 0 spiro atoms. The van der Waals surface area contributed by atoms with Gasteiger partial charge in [0.05, 0.1) is 12.2 Å². The summed E-state index contributed by atoms with van der Waals surface area (Å²) in [6.45, 7) is 2.47. The summed E-state index contributed by atoms with van der Waals surface area (Å²) in [4.78, 5) is 2.54. The third kappa shape index (κ3) is 2.67. The van der Waals surface area contributed by atoms with Crippen LogP contribution in [-0.2, 0) is 4.74 Å². The van der Waals surface area contributed by atoms with Crippen molar-refractivity contribution < 1.29 is 4.74 Å². The average Bonchev–Trinajstić information content (AvgIpc) is 2.94. The zero-order valence-electron chi connectivity index (χ0n) is 11.0. The Hall–Kier alpha value is -0.120. The maximum atomic E-state index is 5.88. The molecule has 3 heterocycles. The number of rotatable bonds is 4. The van der Waals surface area contributed by atoms with Gasteiger partial charge >= 0.3 is 0 Å². The first kappa shape index (κ1) is 11.9. The smallest absolute Gasteiger partial charge is 0.0733 e. The normalized spacial score (nSPS) is 42.2. The van der Waals surface area contributed by atoms with Crippen molar-refractivity contribution in [3.63, 3.8) is 0 Å². The molecule has 0 aliphatic carbocycles. The highest BCUT2D eigenvalue weighted by atomic mass is 16.5. The van der Waals surface area contributed by atoms with Crippen LogP contribution in [0.15, 0.2) is 0 Å². The minimum absolute atomic E-state index is 0.532. The lowest BCUT2D eigenvalue weighted by Crippen LogP contribution is -2.42. The first-order valence-corrected chi connectivity index (χ1v) is 7.42. The number of nitrogens with one attached hydrogen (secondary N) is 1. The molecule has 0 radical (unpaired) electrons. The lowest BCUT2D eigenvalue weighted by molar-refractivity contribution is 0.0967. The molecule has 0 amide bonds. The number of likely N-dealkylation sites (tertiary alicyclic amines) is 1. The van der Waals surface area contributed by atoms with Crippen molar-refractivity contribution in [1.29, 1.82) is 0 Å². The molecule has 0 aromatic heterocycles. The highest BCUT2D eigenvalue weighted by Crippen LogP contribution is 2.34. The molecular weight excluding hydrogens is 212 g/mol. The summed E-state index contributed by atoms with van der Waals surface area (Å²) in [7, 11) is 2.28. The first-order valence-electron chi connectivity index (χ1n) is 7.42. The molecule has 3 aliphatic heterocycles. The highest BCUT2D eigenvalue weighted by Gasteiger charge is 2.40. The molecule has 0 aromatic rings. The van der Waals surface area contributed by atoms with Gasteiger partial charge in [0, 0.05) is 12.1 Å². The van der Waals surface area contributed by atoms with Gasteiger partial charge in [-0.3, -0.25) is 0 Å². The maximum Gasteiger partial charge on any atom is 0.0733 e. The van der Waals surface area contributed by atoms with Gasteiger partial charge in [-0.15, -0.1) is 0 Å². The van der Waals surface area contributed by atoms with Gasteiger partial charge in [0.15, 0.2) is 0 Å². The van der Waals surface area contributed by atoms with Crippen LogP contribution in [0.3, 0.4) is 0 Å². The van der Waals surface area contributed by atoms with Crippen LogP contribution in [0.5, 0.6) is 0 Å². The third-order valence-electron chi connectivity index (χ3n) is 4.91. The topological polar surface area (TPSA) is 24.5 Å². The largest absolute Gasteiger partial charge is 0.373 e. The minimum atomic E-state index is 0.532. The predicted molar refractivity (Wildman–Crippen MR) is 69.2 cm³/mol. The molecule has 3 nitrogen and oxygen atoms in total. The van der Waals surface area contributed by atoms with Crippen molar-refractivity contribution in [3.8, 4) is 0 Å². The fraction of sp³-hybridized carbons (Fsp3) is 1.00. The van der Waals surface area contributed by atoms with Crippen molar-refractivity contribution in [2.45, 2.75) is 69.2 Å². The van der Waals surface area contributed by atoms with Gasteiger partial charge < -0.3 is 15.0 Å². The monoisotopic (exact) mass is 238 g/mol. The van der Waals surface area contributed by atoms with Gasteiger partial charge in [0.2, 0.25) is 0 Å². The van der Waals surface area contributed by atoms with Gasteiger partial charge in [-0.05, 0) is 58.7 Å². The molecule has 3 heteroatoms. The van der Waals surface area contributed by atoms with E-state index in [0.29, 0.717) is 18.2 Å². The third-order valence-corrected chi connectivity index (χ3v) is 4.91. The Kier molecular flexibility index (Phi) is 3.69. The Bertz CT molecular complexity index is 257. The number of piperidine rings is 1. The molecule has 4 unspecified atom stereocenters. The number of nitrogens with zero attached hydrogens (tertiary/aromatic N) is 1. The van der Waals surface area contributed by atoms with E-state index in [-0.39, 0.29) is 0 Å². The van der Waals surface area contributed by atoms with Crippen LogP contribution in [-0.4, -0.2) is 49.3 Å². The summed E-state index contributed by atoms with van der Waals surface area (Å²) in [5.74, 6) is 0. The molecule has 0 aromatic carbocycles. The van der Waals surface area contributed by atoms with Crippen LogP contribution < -0.4 is 5.32 Å². The number of fused-ring (bicyclic) bond motifs is 2. The summed E-state index contributed by atoms with van der Waals surface area (Å²) in [5, 5.41) is 3.73. The quantitative estimate of drug-likeness (QED) is 0.808. The van der Waals surface area contributed by atoms with Crippen molar-refractivity contribution in [2.24, 2.45) is 0 Å². The Labute approximate surface area is 105 Å². The number of ether oxygens (including phenoxy) is 1. The average molecular weight is 238 g/mol. The lowest BCUT2D eigenvalue weighted by Gasteiger charge is -2.33. The fourth-order valence-corrected chi connectivity index (χ4v) is 3.80. The molecule has 3 rings (SSSR count). The lowest BCUT2D eigenvalue weighted by atomic mass is 9.95. The fourth-order valence-electron chi connectivity index (χ4n) is 3.80. The summed E-state index contributed by atoms with van der Waals surface area (Å²) >= 11 is 0. The molecule has 1 N–H and O–H groups in total. The molecule has 4 atom stereocenters. The number of hydrogen-bond donors (Lipinski definition) is 1. The van der Waals surface area contributed by atoms with E-state index in [4.69, 9.17) is 4.74 Å². The van der Waals surface area contributed by atoms with Crippen LogP contribution in [0, 0.1) is 0 Å². The van der Waals surface area contributed by atoms with Crippen LogP contribution >= 0.6 is 0 Å². The van der Waals surface area contributed by atoms with E-state index >= 15 is 0 Å². The summed E-state index contributed by atoms with van der Waals surface area (Å²) in [5.41, 5.74) is 0. The molecule has 3 aliphatic rings. The van der Waals surface area contributed by atoms with Gasteiger partial charge in [0.1, 0.15) is 0 Å². The Morgan fingerprint density at radius 3 is 2.88 bits per heavy atom. The Balaban J connectivity index is 1.37. The van der Waals surface area contributed by atoms with Gasteiger partial charge in [-0.25, -0.2) is 0 Å². The zero-order chi connectivity index (χ0) is 11.7. The second-order valence-corrected chi connectivity index (χ2v) is 6.09. The standard InChI is InChI=1S/C14H26N2O/c1-16-9-3-2-4-11(16)7-8-15-13-10-12-5-6-14(13)17-12/h11-15H,2-10H2,1H3.